The second kappa shape index (κ2) is 20.2. The second-order valence-electron chi connectivity index (χ2n) is 9.09. The Bertz CT molecular complexity index is 413. The highest BCUT2D eigenvalue weighted by Gasteiger charge is 2.39. The Kier molecular flexibility index (Phi) is 18.6. The minimum Gasteiger partial charge on any atom is -0.394 e. The molecule has 1 saturated heterocycles. The molecule has 184 valence electrons. The van der Waals surface area contributed by atoms with Crippen LogP contribution in [-0.2, 0) is 9.47 Å². The fraction of sp³-hybridized carbons (Fsp3) is 0.923. The summed E-state index contributed by atoms with van der Waals surface area (Å²) in [5.74, 6) is 0. The summed E-state index contributed by atoms with van der Waals surface area (Å²) in [5, 5.41) is 29.0. The molecule has 1 aliphatic rings. The lowest BCUT2D eigenvalue weighted by Crippen LogP contribution is -2.55. The van der Waals surface area contributed by atoms with E-state index in [1.807, 2.05) is 0 Å². The molecule has 1 heterocycles. The largest absolute Gasteiger partial charge is 0.394 e. The van der Waals surface area contributed by atoms with Crippen LogP contribution in [-0.4, -0.2) is 59.6 Å². The van der Waals surface area contributed by atoms with Crippen molar-refractivity contribution in [2.24, 2.45) is 0 Å². The maximum Gasteiger partial charge on any atom is 0.114 e. The summed E-state index contributed by atoms with van der Waals surface area (Å²) in [4.78, 5) is 0. The number of aliphatic hydroxyl groups excluding tert-OH is 3. The molecule has 4 atom stereocenters. The Morgan fingerprint density at radius 1 is 0.774 bits per heavy atom. The number of unbranched alkanes of at least 4 members (excludes halogenated alkanes) is 14. The third-order valence-electron chi connectivity index (χ3n) is 6.22. The zero-order valence-corrected chi connectivity index (χ0v) is 20.1. The van der Waals surface area contributed by atoms with Crippen LogP contribution >= 0.6 is 0 Å². The van der Waals surface area contributed by atoms with Crippen molar-refractivity contribution in [1.82, 2.24) is 0 Å². The molecule has 0 amide bonds. The smallest absolute Gasteiger partial charge is 0.114 e. The van der Waals surface area contributed by atoms with E-state index in [0.717, 1.165) is 19.3 Å². The van der Waals surface area contributed by atoms with Crippen molar-refractivity contribution in [3.8, 4) is 0 Å². The summed E-state index contributed by atoms with van der Waals surface area (Å²) in [6.45, 7) is 2.62. The molecule has 0 unspecified atom stereocenters. The first-order valence-corrected chi connectivity index (χ1v) is 13.1. The SMILES string of the molecule is CCCCCCCCCCCC/C=C/CCCCCCO[C@@H]1[C@@H](O)[C@H](O)CO[C@H]1CO. The van der Waals surface area contributed by atoms with E-state index in [-0.39, 0.29) is 13.2 Å². The second-order valence-corrected chi connectivity index (χ2v) is 9.09. The Labute approximate surface area is 191 Å². The molecular formula is C26H50O5. The van der Waals surface area contributed by atoms with Gasteiger partial charge in [-0.3, -0.25) is 0 Å². The standard InChI is InChI=1S/C26H50O5/c1-2-3-4-5-6-7-8-9-10-11-12-13-14-15-16-17-18-19-20-30-26-24(21-27)31-22-23(28)25(26)29/h13-14,23-29H,2-12,15-22H2,1H3/b14-13+/t23-,24+,25+,26+/m1/s1. The van der Waals surface area contributed by atoms with Crippen molar-refractivity contribution >= 4 is 0 Å². The van der Waals surface area contributed by atoms with Crippen LogP contribution < -0.4 is 0 Å². The molecule has 5 heteroatoms. The molecule has 5 nitrogen and oxygen atoms in total. The van der Waals surface area contributed by atoms with Gasteiger partial charge in [0.25, 0.3) is 0 Å². The van der Waals surface area contributed by atoms with Gasteiger partial charge in [0.1, 0.15) is 24.4 Å². The van der Waals surface area contributed by atoms with E-state index in [1.54, 1.807) is 0 Å². The van der Waals surface area contributed by atoms with E-state index in [2.05, 4.69) is 19.1 Å². The summed E-state index contributed by atoms with van der Waals surface area (Å²) in [6.07, 6.45) is 22.2. The molecule has 31 heavy (non-hydrogen) atoms. The van der Waals surface area contributed by atoms with Crippen LogP contribution in [0.25, 0.3) is 0 Å². The van der Waals surface area contributed by atoms with Crippen LogP contribution in [0.3, 0.4) is 0 Å². The van der Waals surface area contributed by atoms with Gasteiger partial charge in [0.05, 0.1) is 13.2 Å². The van der Waals surface area contributed by atoms with Gasteiger partial charge in [-0.05, 0) is 32.1 Å². The van der Waals surface area contributed by atoms with Crippen molar-refractivity contribution in [3.05, 3.63) is 12.2 Å². The average molecular weight is 443 g/mol. The highest BCUT2D eigenvalue weighted by Crippen LogP contribution is 2.19. The minimum absolute atomic E-state index is 0.0406. The lowest BCUT2D eigenvalue weighted by atomic mass is 10.0. The molecule has 0 spiro atoms. The first-order chi connectivity index (χ1) is 15.2. The molecular weight excluding hydrogens is 392 g/mol. The van der Waals surface area contributed by atoms with Crippen molar-refractivity contribution in [2.75, 3.05) is 19.8 Å². The molecule has 0 aromatic rings. The maximum atomic E-state index is 10.0. The zero-order valence-electron chi connectivity index (χ0n) is 20.1. The first-order valence-electron chi connectivity index (χ1n) is 13.1. The molecule has 0 aromatic heterocycles. The van der Waals surface area contributed by atoms with Crippen LogP contribution in [0, 0.1) is 0 Å². The molecule has 1 fully saturated rings. The molecule has 3 N–H and O–H groups in total. The number of aliphatic hydroxyl groups is 3. The van der Waals surface area contributed by atoms with Crippen molar-refractivity contribution < 1.29 is 24.8 Å². The molecule has 0 bridgehead atoms. The fourth-order valence-electron chi connectivity index (χ4n) is 4.14. The highest BCUT2D eigenvalue weighted by molar-refractivity contribution is 4.87. The Balaban J connectivity index is 1.85. The quantitative estimate of drug-likeness (QED) is 0.176. The fourth-order valence-corrected chi connectivity index (χ4v) is 4.14. The minimum atomic E-state index is -0.994. The summed E-state index contributed by atoms with van der Waals surface area (Å²) in [7, 11) is 0. The molecule has 0 saturated carbocycles. The number of hydrogen-bond donors (Lipinski definition) is 3. The Morgan fingerprint density at radius 3 is 1.84 bits per heavy atom. The number of hydrogen-bond acceptors (Lipinski definition) is 5. The number of rotatable bonds is 20. The molecule has 0 aromatic carbocycles. The van der Waals surface area contributed by atoms with E-state index in [1.165, 1.54) is 83.5 Å². The highest BCUT2D eigenvalue weighted by atomic mass is 16.6. The lowest BCUT2D eigenvalue weighted by molar-refractivity contribution is -0.211. The molecule has 1 rings (SSSR count). The van der Waals surface area contributed by atoms with E-state index in [0.29, 0.717) is 6.61 Å². The zero-order chi connectivity index (χ0) is 22.6. The summed E-state index contributed by atoms with van der Waals surface area (Å²) in [5.41, 5.74) is 0. The number of ether oxygens (including phenoxy) is 2. The summed E-state index contributed by atoms with van der Waals surface area (Å²) in [6, 6.07) is 0. The molecule has 1 aliphatic heterocycles. The van der Waals surface area contributed by atoms with Gasteiger partial charge in [-0.1, -0.05) is 89.7 Å². The summed E-state index contributed by atoms with van der Waals surface area (Å²) >= 11 is 0. The Hall–Kier alpha value is -0.460. The van der Waals surface area contributed by atoms with Gasteiger partial charge in [0.15, 0.2) is 0 Å². The van der Waals surface area contributed by atoms with Gasteiger partial charge in [0, 0.05) is 6.61 Å². The maximum absolute atomic E-state index is 10.0. The average Bonchev–Trinajstić information content (AvgIpc) is 2.78. The molecule has 0 radical (unpaired) electrons. The molecule has 0 aliphatic carbocycles. The van der Waals surface area contributed by atoms with E-state index in [4.69, 9.17) is 9.47 Å². The predicted molar refractivity (Wildman–Crippen MR) is 127 cm³/mol. The van der Waals surface area contributed by atoms with Crippen molar-refractivity contribution in [2.45, 2.75) is 134 Å². The van der Waals surface area contributed by atoms with Crippen LogP contribution in [0.5, 0.6) is 0 Å². The number of allylic oxidation sites excluding steroid dienone is 2. The van der Waals surface area contributed by atoms with Gasteiger partial charge in [-0.2, -0.15) is 0 Å². The normalized spacial score (nSPS) is 24.3. The van der Waals surface area contributed by atoms with Gasteiger partial charge in [-0.15, -0.1) is 0 Å². The van der Waals surface area contributed by atoms with Gasteiger partial charge in [-0.25, -0.2) is 0 Å². The van der Waals surface area contributed by atoms with E-state index < -0.39 is 24.4 Å². The van der Waals surface area contributed by atoms with Gasteiger partial charge < -0.3 is 24.8 Å². The van der Waals surface area contributed by atoms with E-state index >= 15 is 0 Å². The van der Waals surface area contributed by atoms with Crippen LogP contribution in [0.15, 0.2) is 12.2 Å². The van der Waals surface area contributed by atoms with Crippen LogP contribution in [0.4, 0.5) is 0 Å². The third kappa shape index (κ3) is 14.3. The van der Waals surface area contributed by atoms with Gasteiger partial charge in [0.2, 0.25) is 0 Å². The van der Waals surface area contributed by atoms with Crippen LogP contribution in [0.2, 0.25) is 0 Å². The first kappa shape index (κ1) is 28.6. The van der Waals surface area contributed by atoms with Crippen molar-refractivity contribution in [1.29, 1.82) is 0 Å². The van der Waals surface area contributed by atoms with E-state index in [9.17, 15) is 15.3 Å². The summed E-state index contributed by atoms with van der Waals surface area (Å²) < 4.78 is 11.0. The lowest BCUT2D eigenvalue weighted by Gasteiger charge is -2.37. The van der Waals surface area contributed by atoms with Crippen LogP contribution in [0.1, 0.15) is 110 Å². The topological polar surface area (TPSA) is 79.2 Å². The third-order valence-corrected chi connectivity index (χ3v) is 6.22. The predicted octanol–water partition coefficient (Wildman–Crippen LogP) is 5.30. The van der Waals surface area contributed by atoms with Gasteiger partial charge >= 0.3 is 0 Å². The van der Waals surface area contributed by atoms with Crippen molar-refractivity contribution in [3.63, 3.8) is 0 Å². The monoisotopic (exact) mass is 442 g/mol. The Morgan fingerprint density at radius 2 is 1.29 bits per heavy atom.